The smallest absolute Gasteiger partial charge is 0.224 e. The lowest BCUT2D eigenvalue weighted by molar-refractivity contribution is 0.0856. The Morgan fingerprint density at radius 2 is 2.32 bits per heavy atom. The number of hydrogen-bond acceptors (Lipinski definition) is 4. The maximum atomic E-state index is 8.80. The molecular formula is C14H21N3O2. The van der Waals surface area contributed by atoms with Crippen LogP contribution in [0.3, 0.4) is 0 Å². The molecule has 0 aliphatic heterocycles. The van der Waals surface area contributed by atoms with E-state index >= 15 is 0 Å². The Labute approximate surface area is 113 Å². The molecule has 104 valence electrons. The van der Waals surface area contributed by atoms with Crippen molar-refractivity contribution < 1.29 is 9.94 Å². The minimum Gasteiger partial charge on any atom is -0.474 e. The highest BCUT2D eigenvalue weighted by atomic mass is 16.5. The van der Waals surface area contributed by atoms with Crippen LogP contribution in [0.1, 0.15) is 44.6 Å². The van der Waals surface area contributed by atoms with E-state index in [2.05, 4.69) is 17.1 Å². The molecule has 1 aliphatic rings. The molecule has 3 N–H and O–H groups in total. The molecule has 19 heavy (non-hydrogen) atoms. The highest BCUT2D eigenvalue weighted by Gasteiger charge is 2.26. The van der Waals surface area contributed by atoms with Gasteiger partial charge < -0.3 is 15.7 Å². The zero-order valence-corrected chi connectivity index (χ0v) is 11.2. The number of aromatic nitrogens is 1. The number of pyridine rings is 1. The summed E-state index contributed by atoms with van der Waals surface area (Å²) in [6.45, 7) is 2.19. The Morgan fingerprint density at radius 3 is 3.05 bits per heavy atom. The molecule has 2 unspecified atom stereocenters. The second-order valence-corrected chi connectivity index (χ2v) is 4.95. The summed E-state index contributed by atoms with van der Waals surface area (Å²) < 4.78 is 6.03. The Morgan fingerprint density at radius 1 is 1.53 bits per heavy atom. The van der Waals surface area contributed by atoms with Crippen molar-refractivity contribution in [3.8, 4) is 5.88 Å². The number of hydrogen-bond donors (Lipinski definition) is 2. The Hall–Kier alpha value is -1.78. The standard InChI is InChI=1S/C14H21N3O2/c1-2-10-6-3-4-8-12(10)19-14-11(13(15)17-18)7-5-9-16-14/h5,7,9-10,12,18H,2-4,6,8H2,1H3,(H2,15,17). The van der Waals surface area contributed by atoms with Gasteiger partial charge in [0.1, 0.15) is 6.10 Å². The SMILES string of the molecule is CCC1CCCCC1Oc1ncccc1/C(N)=N/O. The van der Waals surface area contributed by atoms with Gasteiger partial charge in [0.2, 0.25) is 5.88 Å². The third-order valence-electron chi connectivity index (χ3n) is 3.78. The zero-order chi connectivity index (χ0) is 13.7. The Kier molecular flexibility index (Phi) is 4.60. The van der Waals surface area contributed by atoms with Gasteiger partial charge in [0, 0.05) is 6.20 Å². The number of nitrogens with zero attached hydrogens (tertiary/aromatic N) is 2. The second-order valence-electron chi connectivity index (χ2n) is 4.95. The van der Waals surface area contributed by atoms with Crippen LogP contribution in [-0.4, -0.2) is 22.1 Å². The monoisotopic (exact) mass is 263 g/mol. The van der Waals surface area contributed by atoms with Gasteiger partial charge in [-0.2, -0.15) is 0 Å². The molecule has 5 heteroatoms. The second kappa shape index (κ2) is 6.41. The van der Waals surface area contributed by atoms with Crippen LogP contribution in [0.25, 0.3) is 0 Å². The summed E-state index contributed by atoms with van der Waals surface area (Å²) in [5, 5.41) is 11.8. The molecule has 2 rings (SSSR count). The Bertz CT molecular complexity index is 448. The highest BCUT2D eigenvalue weighted by Crippen LogP contribution is 2.30. The van der Waals surface area contributed by atoms with Gasteiger partial charge in [0.25, 0.3) is 0 Å². The summed E-state index contributed by atoms with van der Waals surface area (Å²) in [5.41, 5.74) is 6.19. The fraction of sp³-hybridized carbons (Fsp3) is 0.571. The van der Waals surface area contributed by atoms with Gasteiger partial charge in [-0.25, -0.2) is 4.98 Å². The molecule has 0 spiro atoms. The maximum Gasteiger partial charge on any atom is 0.224 e. The van der Waals surface area contributed by atoms with Crippen LogP contribution in [0.4, 0.5) is 0 Å². The third kappa shape index (κ3) is 3.16. The molecule has 1 aromatic rings. The predicted molar refractivity (Wildman–Crippen MR) is 73.4 cm³/mol. The average molecular weight is 263 g/mol. The van der Waals surface area contributed by atoms with E-state index in [0.717, 1.165) is 12.8 Å². The van der Waals surface area contributed by atoms with Crippen LogP contribution in [0, 0.1) is 5.92 Å². The van der Waals surface area contributed by atoms with Crippen LogP contribution in [0.5, 0.6) is 5.88 Å². The predicted octanol–water partition coefficient (Wildman–Crippen LogP) is 2.52. The van der Waals surface area contributed by atoms with Crippen molar-refractivity contribution in [1.29, 1.82) is 0 Å². The normalized spacial score (nSPS) is 24.2. The molecule has 0 amide bonds. The zero-order valence-electron chi connectivity index (χ0n) is 11.2. The maximum absolute atomic E-state index is 8.80. The highest BCUT2D eigenvalue weighted by molar-refractivity contribution is 5.98. The van der Waals surface area contributed by atoms with Gasteiger partial charge in [-0.05, 0) is 43.7 Å². The lowest BCUT2D eigenvalue weighted by Gasteiger charge is -2.31. The van der Waals surface area contributed by atoms with Crippen LogP contribution in [0.2, 0.25) is 0 Å². The first-order chi connectivity index (χ1) is 9.26. The fourth-order valence-corrected chi connectivity index (χ4v) is 2.67. The van der Waals surface area contributed by atoms with Gasteiger partial charge in [-0.3, -0.25) is 0 Å². The van der Waals surface area contributed by atoms with Gasteiger partial charge in [-0.1, -0.05) is 18.5 Å². The van der Waals surface area contributed by atoms with Crippen LogP contribution >= 0.6 is 0 Å². The number of oxime groups is 1. The number of ether oxygens (including phenoxy) is 1. The summed E-state index contributed by atoms with van der Waals surface area (Å²) in [5.74, 6) is 1.06. The van der Waals surface area contributed by atoms with Crippen LogP contribution in [0.15, 0.2) is 23.5 Å². The first-order valence-corrected chi connectivity index (χ1v) is 6.85. The first-order valence-electron chi connectivity index (χ1n) is 6.85. The molecule has 0 bridgehead atoms. The summed E-state index contributed by atoms with van der Waals surface area (Å²) in [6.07, 6.45) is 7.65. The topological polar surface area (TPSA) is 80.7 Å². The van der Waals surface area contributed by atoms with Gasteiger partial charge in [0.15, 0.2) is 5.84 Å². The summed E-state index contributed by atoms with van der Waals surface area (Å²) >= 11 is 0. The van der Waals surface area contributed by atoms with Gasteiger partial charge in [0.05, 0.1) is 5.56 Å². The van der Waals surface area contributed by atoms with E-state index in [-0.39, 0.29) is 11.9 Å². The largest absolute Gasteiger partial charge is 0.474 e. The molecule has 0 saturated heterocycles. The van der Waals surface area contributed by atoms with Crippen molar-refractivity contribution in [3.05, 3.63) is 23.9 Å². The Balaban J connectivity index is 2.18. The molecule has 1 aliphatic carbocycles. The minimum absolute atomic E-state index is 0.0342. The molecule has 1 aromatic heterocycles. The van der Waals surface area contributed by atoms with Crippen molar-refractivity contribution in [1.82, 2.24) is 4.98 Å². The number of rotatable bonds is 4. The van der Waals surface area contributed by atoms with Crippen molar-refractivity contribution in [3.63, 3.8) is 0 Å². The van der Waals surface area contributed by atoms with Gasteiger partial charge in [-0.15, -0.1) is 0 Å². The number of amidine groups is 1. The summed E-state index contributed by atoms with van der Waals surface area (Å²) in [7, 11) is 0. The van der Waals surface area contributed by atoms with Crippen molar-refractivity contribution in [2.75, 3.05) is 0 Å². The molecule has 1 saturated carbocycles. The van der Waals surface area contributed by atoms with Crippen molar-refractivity contribution in [2.45, 2.75) is 45.1 Å². The van der Waals surface area contributed by atoms with Gasteiger partial charge >= 0.3 is 0 Å². The van der Waals surface area contributed by atoms with E-state index < -0.39 is 0 Å². The molecular weight excluding hydrogens is 242 g/mol. The molecule has 0 aromatic carbocycles. The van der Waals surface area contributed by atoms with Crippen LogP contribution in [-0.2, 0) is 0 Å². The molecule has 0 radical (unpaired) electrons. The summed E-state index contributed by atoms with van der Waals surface area (Å²) in [4.78, 5) is 4.22. The molecule has 1 fully saturated rings. The van der Waals surface area contributed by atoms with E-state index in [9.17, 15) is 0 Å². The minimum atomic E-state index is 0.0342. The van der Waals surface area contributed by atoms with Crippen LogP contribution < -0.4 is 10.5 Å². The quantitative estimate of drug-likeness (QED) is 0.378. The molecule has 2 atom stereocenters. The van der Waals surface area contributed by atoms with E-state index in [1.807, 2.05) is 0 Å². The third-order valence-corrected chi connectivity index (χ3v) is 3.78. The summed E-state index contributed by atoms with van der Waals surface area (Å²) in [6, 6.07) is 3.50. The fourth-order valence-electron chi connectivity index (χ4n) is 2.67. The number of nitrogens with two attached hydrogens (primary N) is 1. The van der Waals surface area contributed by atoms with E-state index in [1.165, 1.54) is 19.3 Å². The lowest BCUT2D eigenvalue weighted by Crippen LogP contribution is -2.31. The van der Waals surface area contributed by atoms with Crippen molar-refractivity contribution in [2.24, 2.45) is 16.8 Å². The van der Waals surface area contributed by atoms with E-state index in [1.54, 1.807) is 18.3 Å². The molecule has 1 heterocycles. The van der Waals surface area contributed by atoms with Crippen molar-refractivity contribution >= 4 is 5.84 Å². The molecule has 5 nitrogen and oxygen atoms in total. The van der Waals surface area contributed by atoms with E-state index in [0.29, 0.717) is 17.4 Å². The first kappa shape index (κ1) is 13.6. The lowest BCUT2D eigenvalue weighted by atomic mass is 9.85. The van der Waals surface area contributed by atoms with E-state index in [4.69, 9.17) is 15.7 Å². The average Bonchev–Trinajstić information content (AvgIpc) is 2.47.